The number of carbonyl (C=O) groups is 1. The van der Waals surface area contributed by atoms with Gasteiger partial charge >= 0.3 is 6.18 Å². The highest BCUT2D eigenvalue weighted by Gasteiger charge is 2.35. The van der Waals surface area contributed by atoms with Gasteiger partial charge in [-0.3, -0.25) is 4.79 Å². The highest BCUT2D eigenvalue weighted by Crippen LogP contribution is 2.37. The number of alkyl halides is 3. The summed E-state index contributed by atoms with van der Waals surface area (Å²) in [7, 11) is 1.50. The van der Waals surface area contributed by atoms with Crippen molar-refractivity contribution in [3.63, 3.8) is 0 Å². The number of methoxy groups -OCH3 is 1. The Bertz CT molecular complexity index is 1280. The van der Waals surface area contributed by atoms with Crippen LogP contribution in [0.4, 0.5) is 47.7 Å². The molecule has 0 unspecified atom stereocenters. The summed E-state index contributed by atoms with van der Waals surface area (Å²) in [4.78, 5) is 21.7. The number of aromatic nitrogens is 2. The van der Waals surface area contributed by atoms with Crippen molar-refractivity contribution in [1.82, 2.24) is 9.97 Å². The third kappa shape index (κ3) is 6.47. The number of nitrogens with zero attached hydrogens (tertiary/aromatic N) is 3. The Hall–Kier alpha value is -4.32. The maximum absolute atomic E-state index is 13.7. The molecule has 0 bridgehead atoms. The quantitative estimate of drug-likeness (QED) is 0.363. The predicted molar refractivity (Wildman–Crippen MR) is 135 cm³/mol. The molecule has 0 saturated carbocycles. The van der Waals surface area contributed by atoms with Crippen LogP contribution in [0, 0.1) is 0 Å². The summed E-state index contributed by atoms with van der Waals surface area (Å²) in [6, 6.07) is 11.7. The van der Waals surface area contributed by atoms with Gasteiger partial charge in [0, 0.05) is 42.4 Å². The molecule has 0 spiro atoms. The van der Waals surface area contributed by atoms with Gasteiger partial charge in [0.05, 0.1) is 26.0 Å². The lowest BCUT2D eigenvalue weighted by atomic mass is 10.2. The molecule has 12 heteroatoms. The van der Waals surface area contributed by atoms with E-state index in [1.165, 1.54) is 13.2 Å². The van der Waals surface area contributed by atoms with Crippen molar-refractivity contribution in [3.05, 3.63) is 66.9 Å². The molecule has 9 nitrogen and oxygen atoms in total. The predicted octanol–water partition coefficient (Wildman–Crippen LogP) is 4.95. The topological polar surface area (TPSA) is 101 Å². The van der Waals surface area contributed by atoms with E-state index >= 15 is 0 Å². The third-order valence-electron chi connectivity index (χ3n) is 5.48. The molecule has 2 aromatic carbocycles. The number of morpholine rings is 1. The monoisotopic (exact) mass is 514 g/mol. The Kier molecular flexibility index (Phi) is 7.77. The summed E-state index contributed by atoms with van der Waals surface area (Å²) in [6.07, 6.45) is -2.91. The van der Waals surface area contributed by atoms with Crippen molar-refractivity contribution >= 4 is 40.4 Å². The molecule has 1 saturated heterocycles. The van der Waals surface area contributed by atoms with Crippen molar-refractivity contribution in [1.29, 1.82) is 0 Å². The smallest absolute Gasteiger partial charge is 0.421 e. The van der Waals surface area contributed by atoms with Gasteiger partial charge in [-0.1, -0.05) is 12.6 Å². The maximum atomic E-state index is 13.7. The minimum Gasteiger partial charge on any atom is -0.494 e. The van der Waals surface area contributed by atoms with Gasteiger partial charge in [-0.15, -0.1) is 0 Å². The van der Waals surface area contributed by atoms with Crippen LogP contribution >= 0.6 is 0 Å². The lowest BCUT2D eigenvalue weighted by Gasteiger charge is -2.29. The molecule has 1 amide bonds. The van der Waals surface area contributed by atoms with Gasteiger partial charge in [0.25, 0.3) is 0 Å². The van der Waals surface area contributed by atoms with Gasteiger partial charge in [-0.25, -0.2) is 4.98 Å². The fraction of sp³-hybridized carbons (Fsp3) is 0.240. The molecule has 3 aromatic rings. The van der Waals surface area contributed by atoms with E-state index in [9.17, 15) is 18.0 Å². The number of nitrogens with one attached hydrogen (secondary N) is 3. The lowest BCUT2D eigenvalue weighted by Crippen LogP contribution is -2.36. The zero-order valence-corrected chi connectivity index (χ0v) is 19.9. The van der Waals surface area contributed by atoms with Crippen LogP contribution in [0.25, 0.3) is 0 Å². The van der Waals surface area contributed by atoms with Crippen LogP contribution < -0.4 is 25.6 Å². The molecule has 2 heterocycles. The minimum atomic E-state index is -4.70. The summed E-state index contributed by atoms with van der Waals surface area (Å²) >= 11 is 0. The average molecular weight is 515 g/mol. The first-order chi connectivity index (χ1) is 17.8. The summed E-state index contributed by atoms with van der Waals surface area (Å²) in [6.45, 7) is 6.11. The zero-order chi connectivity index (χ0) is 26.4. The van der Waals surface area contributed by atoms with Crippen molar-refractivity contribution < 1.29 is 27.4 Å². The second kappa shape index (κ2) is 11.2. The number of carbonyl (C=O) groups excluding carboxylic acids is 1. The van der Waals surface area contributed by atoms with E-state index in [1.54, 1.807) is 24.3 Å². The van der Waals surface area contributed by atoms with Crippen molar-refractivity contribution in [2.75, 3.05) is 54.3 Å². The molecule has 0 aliphatic carbocycles. The summed E-state index contributed by atoms with van der Waals surface area (Å²) < 4.78 is 52.0. The van der Waals surface area contributed by atoms with E-state index < -0.39 is 23.5 Å². The number of benzene rings is 2. The van der Waals surface area contributed by atoms with Gasteiger partial charge in [0.15, 0.2) is 0 Å². The Morgan fingerprint density at radius 1 is 1.14 bits per heavy atom. The molecule has 1 aliphatic rings. The van der Waals surface area contributed by atoms with Gasteiger partial charge in [0.2, 0.25) is 11.9 Å². The van der Waals surface area contributed by atoms with Gasteiger partial charge in [-0.05, 0) is 36.4 Å². The zero-order valence-electron chi connectivity index (χ0n) is 19.9. The summed E-state index contributed by atoms with van der Waals surface area (Å²) in [5.74, 6) is -0.493. The van der Waals surface area contributed by atoms with E-state index in [0.717, 1.165) is 24.9 Å². The average Bonchev–Trinajstić information content (AvgIpc) is 2.89. The van der Waals surface area contributed by atoms with E-state index in [0.29, 0.717) is 36.5 Å². The van der Waals surface area contributed by atoms with Crippen LogP contribution in [0.15, 0.2) is 61.3 Å². The molecular weight excluding hydrogens is 489 g/mol. The van der Waals surface area contributed by atoms with E-state index in [2.05, 4.69) is 37.4 Å². The first kappa shape index (κ1) is 25.8. The number of amides is 1. The summed E-state index contributed by atoms with van der Waals surface area (Å²) in [5, 5.41) is 8.18. The van der Waals surface area contributed by atoms with Crippen molar-refractivity contribution in [2.45, 2.75) is 6.18 Å². The SMILES string of the molecule is C=CC(=O)Nc1cccc(Nc2nc(Nc3ccc(N4CCOCC4)cc3OC)ncc2C(F)(F)F)c1. The van der Waals surface area contributed by atoms with Crippen molar-refractivity contribution in [3.8, 4) is 5.75 Å². The number of hydrogen-bond donors (Lipinski definition) is 3. The second-order valence-corrected chi connectivity index (χ2v) is 7.96. The Morgan fingerprint density at radius 3 is 2.59 bits per heavy atom. The standard InChI is InChI=1S/C25H25F3N6O3/c1-3-22(35)30-16-5-4-6-17(13-16)31-23-19(25(26,27)28)15-29-24(33-23)32-20-8-7-18(14-21(20)36-2)34-9-11-37-12-10-34/h3-8,13-15H,1,9-12H2,2H3,(H,30,35)(H2,29,31,32,33). The fourth-order valence-corrected chi connectivity index (χ4v) is 3.67. The second-order valence-electron chi connectivity index (χ2n) is 7.96. The molecule has 4 rings (SSSR count). The van der Waals surface area contributed by atoms with E-state index in [-0.39, 0.29) is 11.6 Å². The van der Waals surface area contributed by atoms with Crippen LogP contribution in [-0.4, -0.2) is 49.3 Å². The van der Waals surface area contributed by atoms with E-state index in [1.807, 2.05) is 12.1 Å². The molecule has 1 fully saturated rings. The Morgan fingerprint density at radius 2 is 1.89 bits per heavy atom. The normalized spacial score (nSPS) is 13.6. The Labute approximate surface area is 211 Å². The van der Waals surface area contributed by atoms with Crippen LogP contribution in [0.5, 0.6) is 5.75 Å². The summed E-state index contributed by atoms with van der Waals surface area (Å²) in [5.41, 5.74) is 1.03. The number of rotatable bonds is 8. The molecule has 1 aromatic heterocycles. The van der Waals surface area contributed by atoms with Crippen LogP contribution in [0.1, 0.15) is 5.56 Å². The molecule has 37 heavy (non-hydrogen) atoms. The number of halogens is 3. The molecule has 0 radical (unpaired) electrons. The minimum absolute atomic E-state index is 0.0657. The van der Waals surface area contributed by atoms with Gasteiger partial charge < -0.3 is 30.3 Å². The van der Waals surface area contributed by atoms with Crippen LogP contribution in [0.2, 0.25) is 0 Å². The largest absolute Gasteiger partial charge is 0.494 e. The number of hydrogen-bond acceptors (Lipinski definition) is 8. The van der Waals surface area contributed by atoms with Crippen LogP contribution in [-0.2, 0) is 15.7 Å². The fourth-order valence-electron chi connectivity index (χ4n) is 3.67. The van der Waals surface area contributed by atoms with Crippen LogP contribution in [0.3, 0.4) is 0 Å². The van der Waals surface area contributed by atoms with Crippen molar-refractivity contribution in [2.24, 2.45) is 0 Å². The van der Waals surface area contributed by atoms with E-state index in [4.69, 9.17) is 9.47 Å². The number of anilines is 6. The lowest BCUT2D eigenvalue weighted by molar-refractivity contribution is -0.137. The molecular formula is C25H25F3N6O3. The first-order valence-electron chi connectivity index (χ1n) is 11.3. The van der Waals surface area contributed by atoms with Gasteiger partial charge in [0.1, 0.15) is 17.1 Å². The molecule has 1 aliphatic heterocycles. The highest BCUT2D eigenvalue weighted by atomic mass is 19.4. The molecule has 3 N–H and O–H groups in total. The Balaban J connectivity index is 1.61. The first-order valence-corrected chi connectivity index (χ1v) is 11.3. The molecule has 194 valence electrons. The highest BCUT2D eigenvalue weighted by molar-refractivity contribution is 5.99. The van der Waals surface area contributed by atoms with Gasteiger partial charge in [-0.2, -0.15) is 18.2 Å². The molecule has 0 atom stereocenters. The maximum Gasteiger partial charge on any atom is 0.421 e. The number of ether oxygens (including phenoxy) is 2. The third-order valence-corrected chi connectivity index (χ3v) is 5.48.